The van der Waals surface area contributed by atoms with E-state index in [4.69, 9.17) is 0 Å². The number of carbonyl (C=O) groups excluding carboxylic acids is 1. The van der Waals surface area contributed by atoms with Crippen LogP contribution in [0.25, 0.3) is 16.6 Å². The predicted molar refractivity (Wildman–Crippen MR) is 108 cm³/mol. The van der Waals surface area contributed by atoms with Gasteiger partial charge in [-0.05, 0) is 67.2 Å². The van der Waals surface area contributed by atoms with Crippen LogP contribution >= 0.6 is 0 Å². The number of hydrogen-bond acceptors (Lipinski definition) is 4. The molecule has 2 heterocycles. The fraction of sp³-hybridized carbons (Fsp3) is 0.545. The second-order valence-electron chi connectivity index (χ2n) is 8.56. The maximum Gasteiger partial charge on any atom is 0.226 e. The molecule has 2 aliphatic carbocycles. The van der Waals surface area contributed by atoms with Crippen molar-refractivity contribution >= 4 is 22.5 Å². The first-order valence-electron chi connectivity index (χ1n) is 10.5. The first-order valence-corrected chi connectivity index (χ1v) is 10.5. The molecule has 0 bridgehead atoms. The summed E-state index contributed by atoms with van der Waals surface area (Å²) in [5.74, 6) is 0.557. The van der Waals surface area contributed by atoms with Gasteiger partial charge in [-0.2, -0.15) is 4.52 Å². The smallest absolute Gasteiger partial charge is 0.226 e. The molecule has 146 valence electrons. The second kappa shape index (κ2) is 6.83. The van der Waals surface area contributed by atoms with Crippen molar-refractivity contribution in [3.63, 3.8) is 0 Å². The van der Waals surface area contributed by atoms with Gasteiger partial charge in [0.15, 0.2) is 5.65 Å². The maximum absolute atomic E-state index is 13.2. The highest BCUT2D eigenvalue weighted by atomic mass is 16.2. The highest BCUT2D eigenvalue weighted by Crippen LogP contribution is 2.34. The third kappa shape index (κ3) is 2.77. The molecule has 0 radical (unpaired) electrons. The average molecular weight is 377 g/mol. The van der Waals surface area contributed by atoms with Crippen molar-refractivity contribution in [2.75, 3.05) is 0 Å². The maximum atomic E-state index is 13.2. The van der Waals surface area contributed by atoms with E-state index in [-0.39, 0.29) is 5.92 Å². The molecular formula is C22H27N5O. The number of pyridine rings is 1. The lowest BCUT2D eigenvalue weighted by atomic mass is 9.84. The normalized spacial score (nSPS) is 18.1. The largest absolute Gasteiger partial charge is 0.335 e. The number of aryl methyl sites for hydroxylation is 2. The summed E-state index contributed by atoms with van der Waals surface area (Å²) in [6.07, 6.45) is 7.94. The Bertz CT molecular complexity index is 1050. The highest BCUT2D eigenvalue weighted by Gasteiger charge is 2.34. The molecule has 0 saturated heterocycles. The van der Waals surface area contributed by atoms with Gasteiger partial charge >= 0.3 is 0 Å². The summed E-state index contributed by atoms with van der Waals surface area (Å²) in [4.78, 5) is 15.4. The highest BCUT2D eigenvalue weighted by molar-refractivity contribution is 5.87. The molecule has 1 aromatic carbocycles. The SMILES string of the molecule is Cc1ccc2cc(CN(C(=O)C3CCC3)C3CCCC3)c3nnnn3c2c1C. The van der Waals surface area contributed by atoms with E-state index in [9.17, 15) is 4.79 Å². The van der Waals surface area contributed by atoms with Gasteiger partial charge < -0.3 is 4.90 Å². The van der Waals surface area contributed by atoms with E-state index in [0.29, 0.717) is 18.5 Å². The molecule has 28 heavy (non-hydrogen) atoms. The van der Waals surface area contributed by atoms with Gasteiger partial charge in [0, 0.05) is 29.5 Å². The number of rotatable bonds is 4. The molecule has 0 N–H and O–H groups in total. The van der Waals surface area contributed by atoms with Crippen LogP contribution in [0.4, 0.5) is 0 Å². The lowest BCUT2D eigenvalue weighted by molar-refractivity contribution is -0.141. The van der Waals surface area contributed by atoms with Crippen LogP contribution in [0.3, 0.4) is 0 Å². The molecule has 2 aromatic heterocycles. The van der Waals surface area contributed by atoms with Crippen LogP contribution in [0, 0.1) is 19.8 Å². The molecule has 6 heteroatoms. The Hall–Kier alpha value is -2.50. The Morgan fingerprint density at radius 1 is 1.14 bits per heavy atom. The molecule has 2 saturated carbocycles. The summed E-state index contributed by atoms with van der Waals surface area (Å²) >= 11 is 0. The number of hydrogen-bond donors (Lipinski definition) is 0. The van der Waals surface area contributed by atoms with Crippen LogP contribution in [-0.2, 0) is 11.3 Å². The Morgan fingerprint density at radius 2 is 1.93 bits per heavy atom. The molecule has 1 amide bonds. The summed E-state index contributed by atoms with van der Waals surface area (Å²) in [6, 6.07) is 6.82. The molecule has 5 rings (SSSR count). The molecule has 0 atom stereocenters. The minimum atomic E-state index is 0.220. The van der Waals surface area contributed by atoms with Crippen LogP contribution in [0.1, 0.15) is 61.6 Å². The van der Waals surface area contributed by atoms with Crippen molar-refractivity contribution < 1.29 is 4.79 Å². The van der Waals surface area contributed by atoms with E-state index in [1.807, 2.05) is 4.52 Å². The van der Waals surface area contributed by atoms with Crippen LogP contribution in [-0.4, -0.2) is 36.9 Å². The number of nitrogens with zero attached hydrogens (tertiary/aromatic N) is 5. The third-order valence-electron chi connectivity index (χ3n) is 6.87. The lowest BCUT2D eigenvalue weighted by Gasteiger charge is -2.35. The van der Waals surface area contributed by atoms with Crippen LogP contribution in [0.2, 0.25) is 0 Å². The zero-order valence-electron chi connectivity index (χ0n) is 16.7. The van der Waals surface area contributed by atoms with Gasteiger partial charge in [0.1, 0.15) is 0 Å². The number of amides is 1. The minimum absolute atomic E-state index is 0.220. The lowest BCUT2D eigenvalue weighted by Crippen LogP contribution is -2.43. The Kier molecular flexibility index (Phi) is 4.29. The van der Waals surface area contributed by atoms with Gasteiger partial charge in [0.25, 0.3) is 0 Å². The molecular weight excluding hydrogens is 350 g/mol. The zero-order valence-corrected chi connectivity index (χ0v) is 16.7. The molecule has 0 unspecified atom stereocenters. The van der Waals surface area contributed by atoms with Gasteiger partial charge in [-0.3, -0.25) is 4.79 Å². The molecule has 0 aliphatic heterocycles. The van der Waals surface area contributed by atoms with Crippen molar-refractivity contribution in [3.05, 3.63) is 34.9 Å². The van der Waals surface area contributed by atoms with Crippen molar-refractivity contribution in [1.29, 1.82) is 0 Å². The molecule has 2 aliphatic rings. The first-order chi connectivity index (χ1) is 13.6. The Balaban J connectivity index is 1.59. The van der Waals surface area contributed by atoms with E-state index < -0.39 is 0 Å². The average Bonchev–Trinajstić information content (AvgIpc) is 3.32. The number of tetrazole rings is 1. The second-order valence-corrected chi connectivity index (χ2v) is 8.56. The fourth-order valence-corrected chi connectivity index (χ4v) is 4.80. The Morgan fingerprint density at radius 3 is 2.64 bits per heavy atom. The van der Waals surface area contributed by atoms with Crippen molar-refractivity contribution in [1.82, 2.24) is 24.9 Å². The standard InChI is InChI=1S/C22H27N5O/c1-14-10-11-17-12-18(21-23-24-25-27(21)20(17)15(14)2)13-26(19-8-3-4-9-19)22(28)16-6-5-7-16/h10-12,16,19H,3-9,13H2,1-2H3. The van der Waals surface area contributed by atoms with Gasteiger partial charge in [-0.1, -0.05) is 31.4 Å². The molecule has 6 nitrogen and oxygen atoms in total. The quantitative estimate of drug-likeness (QED) is 0.690. The van der Waals surface area contributed by atoms with Crippen LogP contribution in [0.15, 0.2) is 18.2 Å². The fourth-order valence-electron chi connectivity index (χ4n) is 4.80. The van der Waals surface area contributed by atoms with Crippen LogP contribution < -0.4 is 0 Å². The van der Waals surface area contributed by atoms with E-state index >= 15 is 0 Å². The third-order valence-corrected chi connectivity index (χ3v) is 6.87. The number of carbonyl (C=O) groups is 1. The topological polar surface area (TPSA) is 63.4 Å². The molecule has 0 spiro atoms. The summed E-state index contributed by atoms with van der Waals surface area (Å²) in [5.41, 5.74) is 5.29. The van der Waals surface area contributed by atoms with Gasteiger partial charge in [0.2, 0.25) is 5.91 Å². The Labute approximate surface area is 164 Å². The molecule has 2 fully saturated rings. The van der Waals surface area contributed by atoms with Crippen molar-refractivity contribution in [3.8, 4) is 0 Å². The number of fused-ring (bicyclic) bond motifs is 3. The van der Waals surface area contributed by atoms with Crippen molar-refractivity contribution in [2.24, 2.45) is 5.92 Å². The summed E-state index contributed by atoms with van der Waals surface area (Å²) in [5, 5.41) is 13.7. The van der Waals surface area contributed by atoms with Gasteiger partial charge in [-0.15, -0.1) is 5.10 Å². The number of benzene rings is 1. The van der Waals surface area contributed by atoms with E-state index in [1.165, 1.54) is 30.4 Å². The van der Waals surface area contributed by atoms with E-state index in [0.717, 1.165) is 47.8 Å². The van der Waals surface area contributed by atoms with Gasteiger partial charge in [0.05, 0.1) is 5.52 Å². The zero-order chi connectivity index (χ0) is 19.3. The summed E-state index contributed by atoms with van der Waals surface area (Å²) in [6.45, 7) is 4.83. The van der Waals surface area contributed by atoms with Gasteiger partial charge in [-0.25, -0.2) is 0 Å². The first kappa shape index (κ1) is 17.6. The van der Waals surface area contributed by atoms with E-state index in [2.05, 4.69) is 52.5 Å². The van der Waals surface area contributed by atoms with Crippen molar-refractivity contribution in [2.45, 2.75) is 71.4 Å². The summed E-state index contributed by atoms with van der Waals surface area (Å²) < 4.78 is 1.85. The minimum Gasteiger partial charge on any atom is -0.335 e. The monoisotopic (exact) mass is 377 g/mol. The van der Waals surface area contributed by atoms with E-state index in [1.54, 1.807) is 0 Å². The molecule has 3 aromatic rings. The summed E-state index contributed by atoms with van der Waals surface area (Å²) in [7, 11) is 0. The number of aromatic nitrogens is 4. The van der Waals surface area contributed by atoms with Crippen LogP contribution in [0.5, 0.6) is 0 Å². The predicted octanol–water partition coefficient (Wildman–Crippen LogP) is 3.97.